The van der Waals surface area contributed by atoms with Gasteiger partial charge in [0.15, 0.2) is 0 Å². The van der Waals surface area contributed by atoms with Crippen molar-refractivity contribution in [2.24, 2.45) is 0 Å². The molecule has 0 heterocycles. The minimum atomic E-state index is 0. The average molecular weight is 391 g/mol. The summed E-state index contributed by atoms with van der Waals surface area (Å²) in [5.74, 6) is 0. The maximum Gasteiger partial charge on any atom is 4.00 e. The van der Waals surface area contributed by atoms with Crippen molar-refractivity contribution >= 4 is 0 Å². The Balaban J connectivity index is -0.000000312. The summed E-state index contributed by atoms with van der Waals surface area (Å²) in [6.45, 7) is 11.2. The van der Waals surface area contributed by atoms with E-state index in [-0.39, 0.29) is 51.0 Å². The fourth-order valence-corrected chi connectivity index (χ4v) is 2.24. The molecular weight excluding hydrogens is 366 g/mol. The van der Waals surface area contributed by atoms with E-state index in [0.717, 1.165) is 0 Å². The van der Waals surface area contributed by atoms with E-state index >= 15 is 0 Å². The second kappa shape index (κ2) is 12.9. The summed E-state index contributed by atoms with van der Waals surface area (Å²) in [5, 5.41) is 0. The van der Waals surface area contributed by atoms with Gasteiger partial charge in [0.25, 0.3) is 0 Å². The molecule has 0 atom stereocenters. The topological polar surface area (TPSA) is 0 Å². The Morgan fingerprint density at radius 3 is 1.75 bits per heavy atom. The van der Waals surface area contributed by atoms with Gasteiger partial charge in [-0.15, -0.1) is 0 Å². The Labute approximate surface area is 156 Å². The van der Waals surface area contributed by atoms with Gasteiger partial charge in [-0.05, 0) is 0 Å². The standard InChI is InChI=1S/C12H19.C5H5.2ClH.Zr/c1-6-7-12-10(4)8(2)9(3)11(12)5;1-2-4-5-3-1;;;/h6-7H2,1-5H3;1-5H;2*1H;/q2*-1;;;+4/p-2. The number of rotatable bonds is 2. The van der Waals surface area contributed by atoms with Gasteiger partial charge in [-0.3, -0.25) is 0 Å². The van der Waals surface area contributed by atoms with Gasteiger partial charge >= 0.3 is 26.2 Å². The summed E-state index contributed by atoms with van der Waals surface area (Å²) < 4.78 is 0. The summed E-state index contributed by atoms with van der Waals surface area (Å²) >= 11 is 0. The Kier molecular flexibility index (Phi) is 16.2. The van der Waals surface area contributed by atoms with Crippen LogP contribution in [-0.4, -0.2) is 0 Å². The minimum absolute atomic E-state index is 0. The van der Waals surface area contributed by atoms with Crippen molar-refractivity contribution in [2.45, 2.75) is 47.5 Å². The van der Waals surface area contributed by atoms with Crippen LogP contribution in [-0.2, 0) is 32.6 Å². The zero-order chi connectivity index (χ0) is 12.8. The van der Waals surface area contributed by atoms with E-state index < -0.39 is 0 Å². The van der Waals surface area contributed by atoms with Crippen molar-refractivity contribution < 1.29 is 51.0 Å². The molecule has 0 saturated heterocycles. The summed E-state index contributed by atoms with van der Waals surface area (Å²) in [6, 6.07) is 10.0. The molecule has 20 heavy (non-hydrogen) atoms. The number of hydrogen-bond donors (Lipinski definition) is 0. The van der Waals surface area contributed by atoms with Crippen LogP contribution in [0.15, 0.2) is 30.3 Å². The molecule has 0 fully saturated rings. The number of halogens is 2. The third kappa shape index (κ3) is 6.75. The summed E-state index contributed by atoms with van der Waals surface area (Å²) in [7, 11) is 0. The van der Waals surface area contributed by atoms with Crippen molar-refractivity contribution in [2.75, 3.05) is 0 Å². The molecule has 0 aromatic heterocycles. The molecule has 0 saturated carbocycles. The van der Waals surface area contributed by atoms with Crippen molar-refractivity contribution in [3.63, 3.8) is 0 Å². The zero-order valence-electron chi connectivity index (χ0n) is 13.1. The van der Waals surface area contributed by atoms with Crippen molar-refractivity contribution in [1.29, 1.82) is 0 Å². The van der Waals surface area contributed by atoms with Crippen LogP contribution < -0.4 is 24.8 Å². The summed E-state index contributed by atoms with van der Waals surface area (Å²) in [4.78, 5) is 0. The zero-order valence-corrected chi connectivity index (χ0v) is 17.0. The van der Waals surface area contributed by atoms with E-state index in [1.807, 2.05) is 30.3 Å². The molecule has 2 rings (SSSR count). The molecule has 0 spiro atoms. The van der Waals surface area contributed by atoms with Crippen LogP contribution >= 0.6 is 0 Å². The van der Waals surface area contributed by atoms with E-state index in [0.29, 0.717) is 0 Å². The minimum Gasteiger partial charge on any atom is -1.00 e. The third-order valence-corrected chi connectivity index (χ3v) is 3.65. The first-order valence-electron chi connectivity index (χ1n) is 6.48. The average Bonchev–Trinajstić information content (AvgIpc) is 2.95. The molecule has 2 aromatic rings. The van der Waals surface area contributed by atoms with Gasteiger partial charge < -0.3 is 24.8 Å². The fraction of sp³-hybridized carbons (Fsp3) is 0.412. The SMILES string of the molecule is CCCc1c(C)c(C)[c-](C)c1C.[Cl-].[Cl-].[Zr+4].c1cc[cH-]c1. The Morgan fingerprint density at radius 1 is 1.00 bits per heavy atom. The molecule has 0 unspecified atom stereocenters. The van der Waals surface area contributed by atoms with Gasteiger partial charge in [0, 0.05) is 0 Å². The van der Waals surface area contributed by atoms with Crippen molar-refractivity contribution in [3.8, 4) is 0 Å². The second-order valence-electron chi connectivity index (χ2n) is 4.69. The second-order valence-corrected chi connectivity index (χ2v) is 4.69. The quantitative estimate of drug-likeness (QED) is 0.578. The molecule has 0 amide bonds. The van der Waals surface area contributed by atoms with E-state index in [1.165, 1.54) is 35.1 Å². The molecular formula is C17H24Cl2Zr. The summed E-state index contributed by atoms with van der Waals surface area (Å²) in [6.07, 6.45) is 2.50. The van der Waals surface area contributed by atoms with Crippen LogP contribution in [0.4, 0.5) is 0 Å². The molecule has 0 nitrogen and oxygen atoms in total. The Morgan fingerprint density at radius 2 is 1.50 bits per heavy atom. The third-order valence-electron chi connectivity index (χ3n) is 3.65. The van der Waals surface area contributed by atoms with Gasteiger partial charge in [-0.2, -0.15) is 46.0 Å². The van der Waals surface area contributed by atoms with Crippen molar-refractivity contribution in [1.82, 2.24) is 0 Å². The van der Waals surface area contributed by atoms with Gasteiger partial charge in [0.2, 0.25) is 0 Å². The molecule has 2 aromatic carbocycles. The van der Waals surface area contributed by atoms with Crippen LogP contribution in [0.1, 0.15) is 41.2 Å². The molecule has 3 heteroatoms. The smallest absolute Gasteiger partial charge is 1.00 e. The first-order chi connectivity index (χ1) is 8.09. The normalized spacial score (nSPS) is 8.45. The maximum atomic E-state index is 2.25. The van der Waals surface area contributed by atoms with Gasteiger partial charge in [-0.1, -0.05) is 47.5 Å². The Bertz CT molecular complexity index is 399. The Hall–Kier alpha value is 0.163. The van der Waals surface area contributed by atoms with Crippen LogP contribution in [0.3, 0.4) is 0 Å². The molecule has 0 N–H and O–H groups in total. The van der Waals surface area contributed by atoms with Crippen LogP contribution in [0, 0.1) is 27.7 Å². The fourth-order valence-electron chi connectivity index (χ4n) is 2.24. The van der Waals surface area contributed by atoms with E-state index in [4.69, 9.17) is 0 Å². The molecule has 0 bridgehead atoms. The van der Waals surface area contributed by atoms with Gasteiger partial charge in [-0.25, -0.2) is 12.1 Å². The van der Waals surface area contributed by atoms with E-state index in [2.05, 4.69) is 34.6 Å². The molecule has 0 aliphatic heterocycles. The first kappa shape index (κ1) is 25.1. The van der Waals surface area contributed by atoms with Crippen LogP contribution in [0.2, 0.25) is 0 Å². The van der Waals surface area contributed by atoms with E-state index in [9.17, 15) is 0 Å². The van der Waals surface area contributed by atoms with Crippen LogP contribution in [0.5, 0.6) is 0 Å². The predicted molar refractivity (Wildman–Crippen MR) is 77.0 cm³/mol. The van der Waals surface area contributed by atoms with E-state index in [1.54, 1.807) is 5.56 Å². The maximum absolute atomic E-state index is 2.25. The largest absolute Gasteiger partial charge is 4.00 e. The van der Waals surface area contributed by atoms with Crippen molar-refractivity contribution in [3.05, 3.63) is 58.1 Å². The molecule has 0 aliphatic rings. The predicted octanol–water partition coefficient (Wildman–Crippen LogP) is -0.997. The molecule has 110 valence electrons. The monoisotopic (exact) mass is 388 g/mol. The first-order valence-corrected chi connectivity index (χ1v) is 6.48. The molecule has 0 radical (unpaired) electrons. The van der Waals surface area contributed by atoms with Gasteiger partial charge in [0.1, 0.15) is 0 Å². The molecule has 0 aliphatic carbocycles. The van der Waals surface area contributed by atoms with Gasteiger partial charge in [0.05, 0.1) is 0 Å². The summed E-state index contributed by atoms with van der Waals surface area (Å²) in [5.41, 5.74) is 7.62. The van der Waals surface area contributed by atoms with Crippen LogP contribution in [0.25, 0.3) is 0 Å². The number of hydrogen-bond acceptors (Lipinski definition) is 0.